The molecule has 5 nitrogen and oxygen atoms in total. The van der Waals surface area contributed by atoms with E-state index in [4.69, 9.17) is 9.57 Å². The Hall–Kier alpha value is -3.60. The lowest BCUT2D eigenvalue weighted by atomic mass is 9.90. The van der Waals surface area contributed by atoms with Crippen molar-refractivity contribution in [2.45, 2.75) is 19.3 Å². The summed E-state index contributed by atoms with van der Waals surface area (Å²) in [6.45, 7) is 0. The zero-order chi connectivity index (χ0) is 20.1. The minimum Gasteiger partial charge on any atom is -0.497 e. The van der Waals surface area contributed by atoms with Gasteiger partial charge < -0.3 is 4.74 Å². The highest BCUT2D eigenvalue weighted by Crippen LogP contribution is 2.28. The Labute approximate surface area is 170 Å². The van der Waals surface area contributed by atoms with Crippen LogP contribution in [0, 0.1) is 0 Å². The lowest BCUT2D eigenvalue weighted by Crippen LogP contribution is -2.16. The smallest absolute Gasteiger partial charge is 0.437 e. The highest BCUT2D eigenvalue weighted by Gasteiger charge is 2.18. The fourth-order valence-electron chi connectivity index (χ4n) is 3.55. The second-order valence-electron chi connectivity index (χ2n) is 6.83. The third-order valence-corrected chi connectivity index (χ3v) is 4.97. The fraction of sp³-hybridized carbons (Fsp3) is 0.167. The van der Waals surface area contributed by atoms with Gasteiger partial charge in [0.05, 0.1) is 18.5 Å². The summed E-state index contributed by atoms with van der Waals surface area (Å²) in [5.74, 6) is 0.821. The molecule has 0 radical (unpaired) electrons. The third-order valence-electron chi connectivity index (χ3n) is 4.97. The van der Waals surface area contributed by atoms with Crippen molar-refractivity contribution in [3.63, 3.8) is 0 Å². The Kier molecular flexibility index (Phi) is 5.56. The molecule has 0 saturated heterocycles. The van der Waals surface area contributed by atoms with E-state index in [0.29, 0.717) is 5.69 Å². The van der Waals surface area contributed by atoms with Gasteiger partial charge in [0, 0.05) is 11.1 Å². The van der Waals surface area contributed by atoms with E-state index in [2.05, 4.69) is 10.5 Å². The highest BCUT2D eigenvalue weighted by atomic mass is 16.7. The summed E-state index contributed by atoms with van der Waals surface area (Å²) >= 11 is 0. The predicted molar refractivity (Wildman–Crippen MR) is 114 cm³/mol. The molecule has 1 aliphatic carbocycles. The highest BCUT2D eigenvalue weighted by molar-refractivity contribution is 6.03. The van der Waals surface area contributed by atoms with Crippen LogP contribution in [0.1, 0.15) is 24.0 Å². The van der Waals surface area contributed by atoms with E-state index in [0.717, 1.165) is 53.0 Å². The van der Waals surface area contributed by atoms with Crippen LogP contribution < -0.4 is 10.1 Å². The van der Waals surface area contributed by atoms with E-state index in [9.17, 15) is 4.79 Å². The Morgan fingerprint density at radius 2 is 1.72 bits per heavy atom. The molecular formula is C24H22N2O3. The first-order valence-electron chi connectivity index (χ1n) is 9.61. The molecule has 1 aliphatic rings. The molecule has 0 unspecified atom stereocenters. The summed E-state index contributed by atoms with van der Waals surface area (Å²) in [6, 6.07) is 23.4. The van der Waals surface area contributed by atoms with E-state index in [1.54, 1.807) is 7.11 Å². The van der Waals surface area contributed by atoms with Gasteiger partial charge >= 0.3 is 6.09 Å². The molecule has 3 aromatic rings. The van der Waals surface area contributed by atoms with Gasteiger partial charge in [-0.25, -0.2) is 4.79 Å². The molecule has 0 bridgehead atoms. The molecule has 29 heavy (non-hydrogen) atoms. The average Bonchev–Trinajstić information content (AvgIpc) is 2.78. The number of nitrogens with one attached hydrogen (secondary N) is 1. The summed E-state index contributed by atoms with van der Waals surface area (Å²) in [4.78, 5) is 17.6. The molecule has 1 amide bonds. The number of benzene rings is 3. The predicted octanol–water partition coefficient (Wildman–Crippen LogP) is 5.65. The second-order valence-corrected chi connectivity index (χ2v) is 6.83. The fourth-order valence-corrected chi connectivity index (χ4v) is 3.55. The molecule has 0 atom stereocenters. The number of fused-ring (bicyclic) bond motifs is 1. The number of ether oxygens (including phenoxy) is 1. The number of carbonyl (C=O) groups is 1. The SMILES string of the molecule is COc1ccc2c(c1)CCC/C2=N\OC(=O)Nc1ccccc1-c1ccccc1. The number of amides is 1. The first-order valence-corrected chi connectivity index (χ1v) is 9.61. The molecule has 0 spiro atoms. The molecule has 1 N–H and O–H groups in total. The molecule has 5 heteroatoms. The maximum Gasteiger partial charge on any atom is 0.437 e. The van der Waals surface area contributed by atoms with Crippen molar-refractivity contribution in [3.05, 3.63) is 83.9 Å². The molecule has 0 fully saturated rings. The van der Waals surface area contributed by atoms with Crippen LogP contribution >= 0.6 is 0 Å². The zero-order valence-electron chi connectivity index (χ0n) is 16.2. The molecule has 0 saturated carbocycles. The lowest BCUT2D eigenvalue weighted by molar-refractivity contribution is 0.166. The van der Waals surface area contributed by atoms with Gasteiger partial charge in [-0.1, -0.05) is 53.7 Å². The molecule has 0 aromatic heterocycles. The molecule has 146 valence electrons. The van der Waals surface area contributed by atoms with Gasteiger partial charge in [0.1, 0.15) is 5.75 Å². The quantitative estimate of drug-likeness (QED) is 0.465. The molecule has 4 rings (SSSR count). The van der Waals surface area contributed by atoms with Crippen molar-refractivity contribution >= 4 is 17.5 Å². The Balaban J connectivity index is 1.50. The van der Waals surface area contributed by atoms with E-state index >= 15 is 0 Å². The monoisotopic (exact) mass is 386 g/mol. The third kappa shape index (κ3) is 4.29. The number of para-hydroxylation sites is 1. The number of hydrogen-bond donors (Lipinski definition) is 1. The number of anilines is 1. The normalized spacial score (nSPS) is 14.2. The summed E-state index contributed by atoms with van der Waals surface area (Å²) < 4.78 is 5.29. The molecule has 0 aliphatic heterocycles. The van der Waals surface area contributed by atoms with Crippen LogP contribution in [0.15, 0.2) is 78.0 Å². The van der Waals surface area contributed by atoms with Crippen LogP contribution in [-0.4, -0.2) is 18.9 Å². The number of methoxy groups -OCH3 is 1. The van der Waals surface area contributed by atoms with Crippen molar-refractivity contribution in [1.82, 2.24) is 0 Å². The number of aryl methyl sites for hydroxylation is 1. The minimum atomic E-state index is -0.610. The van der Waals surface area contributed by atoms with Gasteiger partial charge in [-0.2, -0.15) is 0 Å². The van der Waals surface area contributed by atoms with Crippen LogP contribution in [0.3, 0.4) is 0 Å². The first kappa shape index (κ1) is 18.7. The number of rotatable bonds is 4. The van der Waals surface area contributed by atoms with Crippen LogP contribution in [-0.2, 0) is 11.3 Å². The van der Waals surface area contributed by atoms with Gasteiger partial charge in [-0.05, 0) is 54.7 Å². The Morgan fingerprint density at radius 3 is 2.55 bits per heavy atom. The summed E-state index contributed by atoms with van der Waals surface area (Å²) in [5.41, 5.74) is 5.57. The molecular weight excluding hydrogens is 364 g/mol. The average molecular weight is 386 g/mol. The molecule has 0 heterocycles. The van der Waals surface area contributed by atoms with Gasteiger partial charge in [0.2, 0.25) is 0 Å². The van der Waals surface area contributed by atoms with Gasteiger partial charge in [0.25, 0.3) is 0 Å². The molecule has 3 aromatic carbocycles. The van der Waals surface area contributed by atoms with E-state index in [-0.39, 0.29) is 0 Å². The van der Waals surface area contributed by atoms with Crippen molar-refractivity contribution < 1.29 is 14.4 Å². The Morgan fingerprint density at radius 1 is 0.931 bits per heavy atom. The second kappa shape index (κ2) is 8.61. The summed E-state index contributed by atoms with van der Waals surface area (Å²) in [7, 11) is 1.65. The lowest BCUT2D eigenvalue weighted by Gasteiger charge is -2.18. The van der Waals surface area contributed by atoms with Crippen molar-refractivity contribution in [2.75, 3.05) is 12.4 Å². The van der Waals surface area contributed by atoms with Gasteiger partial charge in [-0.3, -0.25) is 10.2 Å². The summed E-state index contributed by atoms with van der Waals surface area (Å²) in [6.07, 6.45) is 2.08. The number of nitrogens with zero attached hydrogens (tertiary/aromatic N) is 1. The minimum absolute atomic E-state index is 0.610. The van der Waals surface area contributed by atoms with Crippen LogP contribution in [0.2, 0.25) is 0 Å². The van der Waals surface area contributed by atoms with Crippen molar-refractivity contribution in [1.29, 1.82) is 0 Å². The van der Waals surface area contributed by atoms with Crippen LogP contribution in [0.25, 0.3) is 11.1 Å². The van der Waals surface area contributed by atoms with Crippen LogP contribution in [0.4, 0.5) is 10.5 Å². The first-order chi connectivity index (χ1) is 14.2. The van der Waals surface area contributed by atoms with Crippen molar-refractivity contribution in [3.8, 4) is 16.9 Å². The van der Waals surface area contributed by atoms with Gasteiger partial charge in [0.15, 0.2) is 0 Å². The van der Waals surface area contributed by atoms with E-state index < -0.39 is 6.09 Å². The number of oxime groups is 1. The van der Waals surface area contributed by atoms with Crippen LogP contribution in [0.5, 0.6) is 5.75 Å². The van der Waals surface area contributed by atoms with Gasteiger partial charge in [-0.15, -0.1) is 0 Å². The number of carbonyl (C=O) groups excluding carboxylic acids is 1. The summed E-state index contributed by atoms with van der Waals surface area (Å²) in [5, 5.41) is 6.94. The van der Waals surface area contributed by atoms with E-state index in [1.807, 2.05) is 72.8 Å². The standard InChI is InChI=1S/C24H22N2O3/c1-28-19-14-15-21-18(16-19)10-7-13-23(21)26-29-24(27)25-22-12-6-5-11-20(22)17-8-3-2-4-9-17/h2-6,8-9,11-12,14-16H,7,10,13H2,1H3,(H,25,27)/b26-23+. The maximum atomic E-state index is 12.4. The number of hydrogen-bond acceptors (Lipinski definition) is 4. The topological polar surface area (TPSA) is 59.9 Å². The van der Waals surface area contributed by atoms with Crippen molar-refractivity contribution in [2.24, 2.45) is 5.16 Å². The Bertz CT molecular complexity index is 1050. The largest absolute Gasteiger partial charge is 0.497 e. The zero-order valence-corrected chi connectivity index (χ0v) is 16.2. The maximum absolute atomic E-state index is 12.4. The van der Waals surface area contributed by atoms with E-state index in [1.165, 1.54) is 0 Å².